The quantitative estimate of drug-likeness (QED) is 0.132. The molecule has 2 aromatic carbocycles. The first-order chi connectivity index (χ1) is 19.5. The lowest BCUT2D eigenvalue weighted by Gasteiger charge is -2.09. The molecule has 0 aliphatic rings. The molecule has 0 fully saturated rings. The minimum absolute atomic E-state index is 0.0584. The zero-order chi connectivity index (χ0) is 30.9. The van der Waals surface area contributed by atoms with E-state index in [1.54, 1.807) is 29.8 Å². The van der Waals surface area contributed by atoms with E-state index >= 15 is 0 Å². The van der Waals surface area contributed by atoms with Crippen LogP contribution >= 0.6 is 0 Å². The predicted molar refractivity (Wildman–Crippen MR) is 137 cm³/mol. The highest BCUT2D eigenvalue weighted by Gasteiger charge is 2.33. The van der Waals surface area contributed by atoms with Crippen molar-refractivity contribution in [1.82, 2.24) is 24.5 Å². The summed E-state index contributed by atoms with van der Waals surface area (Å²) in [6, 6.07) is 12.7. The van der Waals surface area contributed by atoms with E-state index in [0.717, 1.165) is 17.6 Å². The summed E-state index contributed by atoms with van der Waals surface area (Å²) in [6.07, 6.45) is -6.91. The smallest absolute Gasteiger partial charge is 0.432 e. The number of hydrogen-bond donors (Lipinski definition) is 4. The van der Waals surface area contributed by atoms with Crippen molar-refractivity contribution in [1.29, 1.82) is 0 Å². The van der Waals surface area contributed by atoms with Gasteiger partial charge in [-0.15, -0.1) is 0 Å². The van der Waals surface area contributed by atoms with E-state index < -0.39 is 34.0 Å². The minimum atomic E-state index is -4.67. The molecule has 0 saturated carbocycles. The third kappa shape index (κ3) is 7.74. The van der Waals surface area contributed by atoms with Gasteiger partial charge in [-0.25, -0.2) is 9.97 Å². The van der Waals surface area contributed by atoms with Crippen LogP contribution in [0.2, 0.25) is 0 Å². The Morgan fingerprint density at radius 2 is 1.55 bits per heavy atom. The van der Waals surface area contributed by atoms with Crippen molar-refractivity contribution >= 4 is 33.1 Å². The molecule has 222 valence electrons. The number of ether oxygens (including phenoxy) is 1. The van der Waals surface area contributed by atoms with E-state index in [1.165, 1.54) is 30.5 Å². The average Bonchev–Trinajstić information content (AvgIpc) is 3.49. The fourth-order valence-corrected chi connectivity index (χ4v) is 3.56. The number of pyridine rings is 1. The molecule has 0 aliphatic carbocycles. The van der Waals surface area contributed by atoms with Crippen molar-refractivity contribution in [2.75, 3.05) is 5.32 Å². The van der Waals surface area contributed by atoms with E-state index in [-0.39, 0.29) is 11.5 Å². The zero-order valence-corrected chi connectivity index (χ0v) is 21.8. The number of benzene rings is 2. The van der Waals surface area contributed by atoms with Crippen LogP contribution in [0.1, 0.15) is 11.3 Å². The Morgan fingerprint density at radius 1 is 0.905 bits per heavy atom. The normalized spacial score (nSPS) is 12.1. The maximum atomic E-state index is 12.9. The summed E-state index contributed by atoms with van der Waals surface area (Å²) in [5, 5.41) is 2.99. The van der Waals surface area contributed by atoms with Crippen LogP contribution in [-0.4, -0.2) is 42.0 Å². The molecule has 0 bridgehead atoms. The SMILES string of the molecule is Cn1c(Nc2ccc(C(F)(F)F)cc2)nc2cc(Oc3ccnc(-c4ncc(C(F)(F)F)[nH]4)c3)ccc21.O=S(=O)(O)O. The summed E-state index contributed by atoms with van der Waals surface area (Å²) in [5.41, 5.74) is 0.125. The van der Waals surface area contributed by atoms with E-state index in [9.17, 15) is 26.3 Å². The van der Waals surface area contributed by atoms with Gasteiger partial charge in [-0.3, -0.25) is 14.1 Å². The Morgan fingerprint density at radius 3 is 2.14 bits per heavy atom. The van der Waals surface area contributed by atoms with Crippen LogP contribution in [0.5, 0.6) is 11.5 Å². The molecule has 18 heteroatoms. The molecule has 3 heterocycles. The highest BCUT2D eigenvalue weighted by atomic mass is 32.3. The van der Waals surface area contributed by atoms with Crippen LogP contribution < -0.4 is 10.1 Å². The van der Waals surface area contributed by atoms with Crippen LogP contribution in [0.3, 0.4) is 0 Å². The lowest BCUT2D eigenvalue weighted by atomic mass is 10.2. The van der Waals surface area contributed by atoms with E-state index in [1.807, 2.05) is 0 Å². The molecule has 5 aromatic rings. The molecule has 11 nitrogen and oxygen atoms in total. The Balaban J connectivity index is 0.000000748. The van der Waals surface area contributed by atoms with Crippen molar-refractivity contribution in [3.63, 3.8) is 0 Å². The molecule has 5 rings (SSSR count). The van der Waals surface area contributed by atoms with Gasteiger partial charge in [-0.2, -0.15) is 34.8 Å². The Hall–Kier alpha value is -4.68. The molecular weight excluding hydrogens is 598 g/mol. The molecule has 0 spiro atoms. The van der Waals surface area contributed by atoms with Crippen molar-refractivity contribution in [3.8, 4) is 23.0 Å². The lowest BCUT2D eigenvalue weighted by molar-refractivity contribution is -0.141. The van der Waals surface area contributed by atoms with Gasteiger partial charge in [0, 0.05) is 31.1 Å². The molecule has 0 atom stereocenters. The second-order valence-corrected chi connectivity index (χ2v) is 9.31. The predicted octanol–water partition coefficient (Wildman–Crippen LogP) is 6.28. The van der Waals surface area contributed by atoms with Crippen molar-refractivity contribution in [2.24, 2.45) is 7.05 Å². The number of fused-ring (bicyclic) bond motifs is 1. The van der Waals surface area contributed by atoms with E-state index in [2.05, 4.69) is 25.3 Å². The summed E-state index contributed by atoms with van der Waals surface area (Å²) in [4.78, 5) is 14.5. The molecular formula is C24H18F6N6O5S. The Labute approximate surface area is 232 Å². The summed E-state index contributed by atoms with van der Waals surface area (Å²) < 4.78 is 116. The number of H-pyrrole nitrogens is 1. The number of nitrogens with zero attached hydrogens (tertiary/aromatic N) is 4. The van der Waals surface area contributed by atoms with Gasteiger partial charge in [0.1, 0.15) is 22.9 Å². The lowest BCUT2D eigenvalue weighted by Crippen LogP contribution is -2.05. The van der Waals surface area contributed by atoms with Gasteiger partial charge in [-0.1, -0.05) is 0 Å². The molecule has 0 saturated heterocycles. The van der Waals surface area contributed by atoms with Gasteiger partial charge < -0.3 is 19.6 Å². The minimum Gasteiger partial charge on any atom is -0.457 e. The number of alkyl halides is 6. The number of halogens is 6. The third-order valence-corrected chi connectivity index (χ3v) is 5.41. The second kappa shape index (κ2) is 11.3. The summed E-state index contributed by atoms with van der Waals surface area (Å²) in [7, 11) is -2.92. The number of imidazole rings is 2. The number of nitrogens with one attached hydrogen (secondary N) is 2. The third-order valence-electron chi connectivity index (χ3n) is 5.41. The maximum Gasteiger partial charge on any atom is 0.432 e. The van der Waals surface area contributed by atoms with E-state index in [4.69, 9.17) is 22.3 Å². The standard InChI is InChI=1S/C24H16F6N6O.H2O4S/c1-36-19-7-6-15(10-17(19)34-22(36)33-14-4-2-13(3-5-14)23(25,26)27)37-16-8-9-31-18(11-16)21-32-12-20(35-21)24(28,29)30;1-5(2,3)4/h2-12H,1H3,(H,32,35)(H,33,34);(H2,1,2,3,4). The molecule has 42 heavy (non-hydrogen) atoms. The molecule has 0 radical (unpaired) electrons. The van der Waals surface area contributed by atoms with Gasteiger partial charge in [0.15, 0.2) is 5.82 Å². The first-order valence-corrected chi connectivity index (χ1v) is 12.7. The fraction of sp³-hybridized carbons (Fsp3) is 0.125. The first-order valence-electron chi connectivity index (χ1n) is 11.3. The monoisotopic (exact) mass is 616 g/mol. The van der Waals surface area contributed by atoms with Crippen LogP contribution in [0.15, 0.2) is 67.0 Å². The summed E-state index contributed by atoms with van der Waals surface area (Å²) >= 11 is 0. The number of aromatic nitrogens is 5. The maximum absolute atomic E-state index is 12.9. The topological polar surface area (TPSA) is 155 Å². The van der Waals surface area contributed by atoms with Crippen LogP contribution in [0, 0.1) is 0 Å². The number of aryl methyl sites for hydroxylation is 1. The molecule has 0 unspecified atom stereocenters. The Kier molecular flexibility index (Phi) is 8.15. The zero-order valence-electron chi connectivity index (χ0n) is 20.9. The molecule has 0 aliphatic heterocycles. The van der Waals surface area contributed by atoms with Crippen LogP contribution in [-0.2, 0) is 29.8 Å². The van der Waals surface area contributed by atoms with E-state index in [0.29, 0.717) is 34.8 Å². The number of aromatic amines is 1. The van der Waals surface area contributed by atoms with Crippen molar-refractivity contribution in [2.45, 2.75) is 12.4 Å². The van der Waals surface area contributed by atoms with Gasteiger partial charge in [0.2, 0.25) is 5.95 Å². The molecule has 3 aromatic heterocycles. The average molecular weight is 617 g/mol. The summed E-state index contributed by atoms with van der Waals surface area (Å²) in [6.45, 7) is 0. The van der Waals surface area contributed by atoms with Crippen LogP contribution in [0.25, 0.3) is 22.6 Å². The van der Waals surface area contributed by atoms with Gasteiger partial charge in [-0.05, 0) is 42.5 Å². The van der Waals surface area contributed by atoms with Crippen molar-refractivity contribution in [3.05, 3.63) is 78.2 Å². The number of hydrogen-bond acceptors (Lipinski definition) is 7. The molecule has 4 N–H and O–H groups in total. The fourth-order valence-electron chi connectivity index (χ4n) is 3.56. The number of anilines is 2. The Bertz CT molecular complexity index is 1810. The first kappa shape index (κ1) is 30.3. The molecule has 0 amide bonds. The summed E-state index contributed by atoms with van der Waals surface area (Å²) in [5.74, 6) is 1.06. The van der Waals surface area contributed by atoms with Crippen LogP contribution in [0.4, 0.5) is 38.0 Å². The highest BCUT2D eigenvalue weighted by Crippen LogP contribution is 2.33. The second-order valence-electron chi connectivity index (χ2n) is 8.41. The number of rotatable bonds is 5. The van der Waals surface area contributed by atoms with Gasteiger partial charge in [0.05, 0.1) is 22.8 Å². The largest absolute Gasteiger partial charge is 0.457 e. The highest BCUT2D eigenvalue weighted by molar-refractivity contribution is 7.79. The van der Waals surface area contributed by atoms with Gasteiger partial charge >= 0.3 is 22.8 Å². The van der Waals surface area contributed by atoms with Gasteiger partial charge in [0.25, 0.3) is 0 Å². The van der Waals surface area contributed by atoms with Crippen molar-refractivity contribution < 1.29 is 48.6 Å².